The third-order valence-corrected chi connectivity index (χ3v) is 5.73. The fourth-order valence-electron chi connectivity index (χ4n) is 4.17. The Hall–Kier alpha value is -2.06. The SMILES string of the molecule is CC12C=CC=CC1c1ccccc1-c1oc3ccc(Br)cc3c12. The summed E-state index contributed by atoms with van der Waals surface area (Å²) in [7, 11) is 0. The third kappa shape index (κ3) is 1.67. The molecule has 2 aliphatic rings. The molecule has 2 unspecified atom stereocenters. The Bertz CT molecular complexity index is 1010. The van der Waals surface area contributed by atoms with Crippen molar-refractivity contribution < 1.29 is 4.42 Å². The summed E-state index contributed by atoms with van der Waals surface area (Å²) in [6.45, 7) is 2.32. The van der Waals surface area contributed by atoms with Crippen LogP contribution >= 0.6 is 15.9 Å². The molecule has 2 atom stereocenters. The van der Waals surface area contributed by atoms with Crippen LogP contribution < -0.4 is 0 Å². The first-order chi connectivity index (χ1) is 11.2. The van der Waals surface area contributed by atoms with Gasteiger partial charge in [-0.1, -0.05) is 71.4 Å². The van der Waals surface area contributed by atoms with Gasteiger partial charge in [0.15, 0.2) is 0 Å². The lowest BCUT2D eigenvalue weighted by atomic mass is 9.62. The third-order valence-electron chi connectivity index (χ3n) is 5.23. The van der Waals surface area contributed by atoms with E-state index < -0.39 is 0 Å². The smallest absolute Gasteiger partial charge is 0.139 e. The van der Waals surface area contributed by atoms with Crippen molar-refractivity contribution in [2.24, 2.45) is 0 Å². The monoisotopic (exact) mass is 362 g/mol. The van der Waals surface area contributed by atoms with Gasteiger partial charge in [0, 0.05) is 32.3 Å². The Labute approximate surface area is 143 Å². The number of fused-ring (bicyclic) bond motifs is 8. The lowest BCUT2D eigenvalue weighted by Crippen LogP contribution is -2.32. The molecule has 1 nitrogen and oxygen atoms in total. The van der Waals surface area contributed by atoms with Gasteiger partial charge in [-0.15, -0.1) is 0 Å². The van der Waals surface area contributed by atoms with Crippen LogP contribution in [0.4, 0.5) is 0 Å². The second-order valence-electron chi connectivity index (χ2n) is 6.54. The molecular weight excluding hydrogens is 348 g/mol. The van der Waals surface area contributed by atoms with Crippen LogP contribution in [-0.2, 0) is 5.41 Å². The maximum atomic E-state index is 6.31. The topological polar surface area (TPSA) is 13.1 Å². The van der Waals surface area contributed by atoms with Crippen LogP contribution in [0, 0.1) is 0 Å². The second kappa shape index (κ2) is 4.48. The molecule has 5 rings (SSSR count). The highest BCUT2D eigenvalue weighted by Gasteiger charge is 2.44. The number of hydrogen-bond donors (Lipinski definition) is 0. The van der Waals surface area contributed by atoms with E-state index in [4.69, 9.17) is 4.42 Å². The minimum Gasteiger partial charge on any atom is -0.456 e. The van der Waals surface area contributed by atoms with Gasteiger partial charge in [-0.2, -0.15) is 0 Å². The molecule has 0 amide bonds. The molecular formula is C21H15BrO. The van der Waals surface area contributed by atoms with E-state index in [9.17, 15) is 0 Å². The summed E-state index contributed by atoms with van der Waals surface area (Å²) in [5, 5.41) is 1.20. The lowest BCUT2D eigenvalue weighted by molar-refractivity contribution is 0.504. The zero-order valence-corrected chi connectivity index (χ0v) is 14.3. The van der Waals surface area contributed by atoms with Gasteiger partial charge < -0.3 is 4.42 Å². The maximum Gasteiger partial charge on any atom is 0.139 e. The van der Waals surface area contributed by atoms with Crippen LogP contribution in [0.5, 0.6) is 0 Å². The molecule has 2 aliphatic carbocycles. The molecule has 1 aromatic heterocycles. The fourth-order valence-corrected chi connectivity index (χ4v) is 4.53. The minimum absolute atomic E-state index is 0.0789. The predicted octanol–water partition coefficient (Wildman–Crippen LogP) is 6.34. The molecule has 0 radical (unpaired) electrons. The predicted molar refractivity (Wildman–Crippen MR) is 97.7 cm³/mol. The molecule has 0 saturated heterocycles. The van der Waals surface area contributed by atoms with Crippen molar-refractivity contribution in [3.63, 3.8) is 0 Å². The molecule has 2 aromatic carbocycles. The maximum absolute atomic E-state index is 6.31. The highest BCUT2D eigenvalue weighted by Crippen LogP contribution is 2.56. The number of hydrogen-bond acceptors (Lipinski definition) is 1. The fraction of sp³-hybridized carbons (Fsp3) is 0.143. The highest BCUT2D eigenvalue weighted by atomic mass is 79.9. The van der Waals surface area contributed by atoms with Gasteiger partial charge in [0.1, 0.15) is 11.3 Å². The number of rotatable bonds is 0. The summed E-state index contributed by atoms with van der Waals surface area (Å²) in [6.07, 6.45) is 8.96. The Balaban J connectivity index is 1.97. The van der Waals surface area contributed by atoms with Crippen molar-refractivity contribution in [2.75, 3.05) is 0 Å². The number of allylic oxidation sites excluding steroid dienone is 4. The van der Waals surface area contributed by atoms with Crippen molar-refractivity contribution in [2.45, 2.75) is 18.3 Å². The molecule has 23 heavy (non-hydrogen) atoms. The van der Waals surface area contributed by atoms with Crippen molar-refractivity contribution in [3.05, 3.63) is 82.4 Å². The summed E-state index contributed by atoms with van der Waals surface area (Å²) in [4.78, 5) is 0. The van der Waals surface area contributed by atoms with Crippen LogP contribution in [0.1, 0.15) is 24.0 Å². The number of halogens is 1. The molecule has 0 aliphatic heterocycles. The average Bonchev–Trinajstić information content (AvgIpc) is 2.95. The van der Waals surface area contributed by atoms with Gasteiger partial charge in [-0.25, -0.2) is 0 Å². The van der Waals surface area contributed by atoms with E-state index in [1.165, 1.54) is 22.1 Å². The standard InChI is InChI=1S/C21H15BrO/c1-21-11-5-4-8-17(21)14-6-2-3-7-15(14)20-19(21)16-12-13(22)9-10-18(16)23-20/h2-12,17H,1H3. The molecule has 0 fully saturated rings. The summed E-state index contributed by atoms with van der Waals surface area (Å²) in [5.41, 5.74) is 4.75. The lowest BCUT2D eigenvalue weighted by Gasteiger charge is -2.40. The number of benzene rings is 2. The van der Waals surface area contributed by atoms with Crippen LogP contribution in [-0.4, -0.2) is 0 Å². The molecule has 2 heteroatoms. The van der Waals surface area contributed by atoms with E-state index >= 15 is 0 Å². The zero-order chi connectivity index (χ0) is 15.6. The molecule has 0 spiro atoms. The molecule has 112 valence electrons. The summed E-state index contributed by atoms with van der Waals surface area (Å²) < 4.78 is 7.39. The molecule has 1 heterocycles. The largest absolute Gasteiger partial charge is 0.456 e. The summed E-state index contributed by atoms with van der Waals surface area (Å²) in [6, 6.07) is 14.9. The normalized spacial score (nSPS) is 24.3. The van der Waals surface area contributed by atoms with Crippen LogP contribution in [0.15, 0.2) is 75.7 Å². The molecule has 0 saturated carbocycles. The van der Waals surface area contributed by atoms with Crippen LogP contribution in [0.2, 0.25) is 0 Å². The molecule has 0 N–H and O–H groups in total. The van der Waals surface area contributed by atoms with Gasteiger partial charge in [0.05, 0.1) is 0 Å². The first-order valence-electron chi connectivity index (χ1n) is 7.86. The Kier molecular flexibility index (Phi) is 2.61. The van der Waals surface area contributed by atoms with E-state index in [1.807, 2.05) is 6.07 Å². The van der Waals surface area contributed by atoms with Crippen LogP contribution in [0.3, 0.4) is 0 Å². The van der Waals surface area contributed by atoms with Gasteiger partial charge in [-0.05, 0) is 23.8 Å². The van der Waals surface area contributed by atoms with Gasteiger partial charge >= 0.3 is 0 Å². The van der Waals surface area contributed by atoms with Crippen molar-refractivity contribution in [3.8, 4) is 11.3 Å². The highest BCUT2D eigenvalue weighted by molar-refractivity contribution is 9.10. The van der Waals surface area contributed by atoms with Crippen molar-refractivity contribution in [1.82, 2.24) is 0 Å². The first kappa shape index (κ1) is 13.4. The summed E-state index contributed by atoms with van der Waals surface area (Å²) in [5.74, 6) is 1.36. The first-order valence-corrected chi connectivity index (χ1v) is 8.65. The molecule has 0 bridgehead atoms. The Morgan fingerprint density at radius 2 is 1.96 bits per heavy atom. The van der Waals surface area contributed by atoms with Crippen LogP contribution in [0.25, 0.3) is 22.3 Å². The van der Waals surface area contributed by atoms with E-state index in [0.29, 0.717) is 5.92 Å². The van der Waals surface area contributed by atoms with E-state index in [0.717, 1.165) is 15.8 Å². The van der Waals surface area contributed by atoms with Gasteiger partial charge in [0.2, 0.25) is 0 Å². The van der Waals surface area contributed by atoms with E-state index in [1.54, 1.807) is 0 Å². The van der Waals surface area contributed by atoms with E-state index in [-0.39, 0.29) is 5.41 Å². The van der Waals surface area contributed by atoms with Crippen molar-refractivity contribution >= 4 is 26.9 Å². The van der Waals surface area contributed by atoms with Crippen molar-refractivity contribution in [1.29, 1.82) is 0 Å². The Morgan fingerprint density at radius 3 is 2.87 bits per heavy atom. The van der Waals surface area contributed by atoms with E-state index in [2.05, 4.69) is 83.6 Å². The van der Waals surface area contributed by atoms with Gasteiger partial charge in [-0.3, -0.25) is 0 Å². The summed E-state index contributed by atoms with van der Waals surface area (Å²) >= 11 is 3.61. The second-order valence-corrected chi connectivity index (χ2v) is 7.45. The molecule has 3 aromatic rings. The minimum atomic E-state index is -0.0789. The van der Waals surface area contributed by atoms with Gasteiger partial charge in [0.25, 0.3) is 0 Å². The Morgan fingerprint density at radius 1 is 1.09 bits per heavy atom. The number of furan rings is 1. The quantitative estimate of drug-likeness (QED) is 0.454. The zero-order valence-electron chi connectivity index (χ0n) is 12.7. The average molecular weight is 363 g/mol.